The van der Waals surface area contributed by atoms with Gasteiger partial charge in [-0.15, -0.1) is 0 Å². The van der Waals surface area contributed by atoms with E-state index in [0.29, 0.717) is 11.3 Å². The lowest BCUT2D eigenvalue weighted by molar-refractivity contribution is -0.117. The smallest absolute Gasteiger partial charge is 0.175 e. The number of carbonyl (C=O) groups excluding carboxylic acids is 1. The second-order valence-electron chi connectivity index (χ2n) is 4.42. The van der Waals surface area contributed by atoms with Gasteiger partial charge in [-0.3, -0.25) is 0 Å². The van der Waals surface area contributed by atoms with Gasteiger partial charge in [-0.05, 0) is 49.9 Å². The summed E-state index contributed by atoms with van der Waals surface area (Å²) < 4.78 is 22.8. The lowest BCUT2D eigenvalue weighted by atomic mass is 10.0. The normalized spacial score (nSPS) is 11.5. The summed E-state index contributed by atoms with van der Waals surface area (Å²) in [4.78, 5) is 11.2. The molecule has 0 aliphatic heterocycles. The Kier molecular flexibility index (Phi) is 4.46. The second-order valence-corrected chi connectivity index (χ2v) is 6.43. The summed E-state index contributed by atoms with van der Waals surface area (Å²) in [5.74, 6) is 0.168. The molecule has 0 aromatic heterocycles. The minimum absolute atomic E-state index is 0.168. The van der Waals surface area contributed by atoms with Gasteiger partial charge >= 0.3 is 0 Å². The number of benzene rings is 1. The number of ketones is 1. The number of rotatable bonds is 5. The molecule has 0 spiro atoms. The molecule has 0 radical (unpaired) electrons. The fourth-order valence-corrected chi connectivity index (χ4v) is 2.35. The van der Waals surface area contributed by atoms with E-state index in [0.717, 1.165) is 24.0 Å². The molecule has 4 heteroatoms. The predicted octanol–water partition coefficient (Wildman–Crippen LogP) is 2.31. The zero-order chi connectivity index (χ0) is 13.1. The quantitative estimate of drug-likeness (QED) is 0.810. The first-order chi connectivity index (χ1) is 7.80. The Balaban J connectivity index is 2.88. The van der Waals surface area contributed by atoms with Crippen molar-refractivity contribution in [2.75, 3.05) is 6.26 Å². The average Bonchev–Trinajstić information content (AvgIpc) is 2.18. The Bertz CT molecular complexity index is 515. The highest BCUT2D eigenvalue weighted by Crippen LogP contribution is 2.17. The van der Waals surface area contributed by atoms with Gasteiger partial charge in [-0.1, -0.05) is 6.07 Å². The van der Waals surface area contributed by atoms with Crippen molar-refractivity contribution < 1.29 is 13.2 Å². The Hall–Kier alpha value is -1.16. The Morgan fingerprint density at radius 2 is 1.94 bits per heavy atom. The molecule has 1 aromatic carbocycles. The van der Waals surface area contributed by atoms with Gasteiger partial charge in [-0.2, -0.15) is 0 Å². The van der Waals surface area contributed by atoms with E-state index in [9.17, 15) is 13.2 Å². The summed E-state index contributed by atoms with van der Waals surface area (Å²) >= 11 is 0. The molecule has 17 heavy (non-hydrogen) atoms. The first kappa shape index (κ1) is 13.9. The molecule has 0 aliphatic carbocycles. The van der Waals surface area contributed by atoms with Crippen LogP contribution in [-0.2, 0) is 21.1 Å². The van der Waals surface area contributed by atoms with E-state index in [1.165, 1.54) is 6.26 Å². The van der Waals surface area contributed by atoms with Crippen LogP contribution in [0.4, 0.5) is 0 Å². The third-order valence-corrected chi connectivity index (χ3v) is 3.83. The first-order valence-electron chi connectivity index (χ1n) is 5.59. The fraction of sp³-hybridized carbons (Fsp3) is 0.462. The number of hydrogen-bond donors (Lipinski definition) is 0. The van der Waals surface area contributed by atoms with E-state index in [1.807, 2.05) is 13.0 Å². The molecule has 1 aromatic rings. The third-order valence-electron chi connectivity index (χ3n) is 2.72. The monoisotopic (exact) mass is 254 g/mol. The molecule has 0 aliphatic rings. The van der Waals surface area contributed by atoms with Gasteiger partial charge in [0.2, 0.25) is 0 Å². The van der Waals surface area contributed by atoms with Crippen LogP contribution in [0.25, 0.3) is 0 Å². The van der Waals surface area contributed by atoms with E-state index in [4.69, 9.17) is 0 Å². The maximum Gasteiger partial charge on any atom is 0.175 e. The Labute approximate surface area is 103 Å². The summed E-state index contributed by atoms with van der Waals surface area (Å²) in [5, 5.41) is 0. The van der Waals surface area contributed by atoms with E-state index in [-0.39, 0.29) is 5.78 Å². The van der Waals surface area contributed by atoms with Gasteiger partial charge in [0.05, 0.1) is 4.90 Å². The number of hydrogen-bond acceptors (Lipinski definition) is 3. The van der Waals surface area contributed by atoms with Crippen LogP contribution in [0.2, 0.25) is 0 Å². The minimum atomic E-state index is -3.15. The van der Waals surface area contributed by atoms with Crippen LogP contribution >= 0.6 is 0 Å². The van der Waals surface area contributed by atoms with Crippen LogP contribution in [0.5, 0.6) is 0 Å². The van der Waals surface area contributed by atoms with E-state index in [1.54, 1.807) is 19.1 Å². The largest absolute Gasteiger partial charge is 0.300 e. The minimum Gasteiger partial charge on any atom is -0.300 e. The molecule has 0 heterocycles. The highest BCUT2D eigenvalue weighted by atomic mass is 32.2. The summed E-state index contributed by atoms with van der Waals surface area (Å²) in [6.07, 6.45) is 3.26. The molecule has 0 atom stereocenters. The first-order valence-corrected chi connectivity index (χ1v) is 7.49. The lowest BCUT2D eigenvalue weighted by Gasteiger charge is -2.07. The lowest BCUT2D eigenvalue weighted by Crippen LogP contribution is -2.00. The summed E-state index contributed by atoms with van der Waals surface area (Å²) in [5.41, 5.74) is 2.08. The van der Waals surface area contributed by atoms with Crippen LogP contribution in [0.1, 0.15) is 30.9 Å². The molecule has 0 bridgehead atoms. The molecule has 94 valence electrons. The molecule has 0 N–H and O–H groups in total. The number of Topliss-reactive ketones (excluding diaryl/α,β-unsaturated/α-hetero) is 1. The molecular formula is C13H18O3S. The number of sulfone groups is 1. The van der Waals surface area contributed by atoms with Crippen molar-refractivity contribution in [1.29, 1.82) is 0 Å². The predicted molar refractivity (Wildman–Crippen MR) is 67.9 cm³/mol. The molecule has 1 rings (SSSR count). The molecule has 3 nitrogen and oxygen atoms in total. The highest BCUT2D eigenvalue weighted by Gasteiger charge is 2.09. The maximum atomic E-state index is 11.4. The molecule has 0 unspecified atom stereocenters. The summed E-state index contributed by atoms with van der Waals surface area (Å²) in [6, 6.07) is 5.16. The fourth-order valence-electron chi connectivity index (χ4n) is 1.68. The van der Waals surface area contributed by atoms with Crippen molar-refractivity contribution in [1.82, 2.24) is 0 Å². The Morgan fingerprint density at radius 1 is 1.29 bits per heavy atom. The highest BCUT2D eigenvalue weighted by molar-refractivity contribution is 7.90. The summed E-state index contributed by atoms with van der Waals surface area (Å²) in [7, 11) is -3.15. The van der Waals surface area contributed by atoms with Crippen molar-refractivity contribution >= 4 is 15.6 Å². The van der Waals surface area contributed by atoms with Crippen LogP contribution in [-0.4, -0.2) is 20.5 Å². The van der Waals surface area contributed by atoms with Crippen molar-refractivity contribution in [2.45, 2.75) is 38.0 Å². The maximum absolute atomic E-state index is 11.4. The van der Waals surface area contributed by atoms with Crippen molar-refractivity contribution in [3.63, 3.8) is 0 Å². The van der Waals surface area contributed by atoms with Crippen LogP contribution in [0.15, 0.2) is 23.1 Å². The van der Waals surface area contributed by atoms with E-state index >= 15 is 0 Å². The van der Waals surface area contributed by atoms with E-state index in [2.05, 4.69) is 0 Å². The van der Waals surface area contributed by atoms with E-state index < -0.39 is 9.84 Å². The average molecular weight is 254 g/mol. The van der Waals surface area contributed by atoms with Gasteiger partial charge in [-0.25, -0.2) is 8.42 Å². The van der Waals surface area contributed by atoms with Gasteiger partial charge in [0, 0.05) is 12.7 Å². The zero-order valence-corrected chi connectivity index (χ0v) is 11.3. The second kappa shape index (κ2) is 5.45. The Morgan fingerprint density at radius 3 is 2.47 bits per heavy atom. The summed E-state index contributed by atoms with van der Waals surface area (Å²) in [6.45, 7) is 3.52. The third kappa shape index (κ3) is 4.30. The number of aryl methyl sites for hydroxylation is 2. The van der Waals surface area contributed by atoms with Gasteiger partial charge in [0.25, 0.3) is 0 Å². The van der Waals surface area contributed by atoms with Gasteiger partial charge < -0.3 is 4.79 Å². The molecule has 0 amide bonds. The standard InChI is InChI=1S/C13H18O3S/c1-10-7-8-13(17(3,15)16)9-12(10)6-4-5-11(2)14/h7-9H,4-6H2,1-3H3. The van der Waals surface area contributed by atoms with Crippen molar-refractivity contribution in [2.24, 2.45) is 0 Å². The number of carbonyl (C=O) groups is 1. The van der Waals surface area contributed by atoms with Crippen molar-refractivity contribution in [3.8, 4) is 0 Å². The SMILES string of the molecule is CC(=O)CCCc1cc(S(C)(=O)=O)ccc1C. The molecular weight excluding hydrogens is 236 g/mol. The van der Waals surface area contributed by atoms with Gasteiger partial charge in [0.1, 0.15) is 5.78 Å². The zero-order valence-electron chi connectivity index (χ0n) is 10.5. The topological polar surface area (TPSA) is 51.2 Å². The van der Waals surface area contributed by atoms with Crippen molar-refractivity contribution in [3.05, 3.63) is 29.3 Å². The van der Waals surface area contributed by atoms with Crippen LogP contribution < -0.4 is 0 Å². The molecule has 0 saturated carbocycles. The van der Waals surface area contributed by atoms with Crippen LogP contribution in [0, 0.1) is 6.92 Å². The van der Waals surface area contributed by atoms with Gasteiger partial charge in [0.15, 0.2) is 9.84 Å². The molecule has 0 fully saturated rings. The van der Waals surface area contributed by atoms with Crippen LogP contribution in [0.3, 0.4) is 0 Å². The molecule has 0 saturated heterocycles.